The monoisotopic (exact) mass is 264 g/mol. The zero-order valence-electron chi connectivity index (χ0n) is 8.56. The van der Waals surface area contributed by atoms with Crippen LogP contribution in [0, 0.1) is 20.2 Å². The predicted octanol–water partition coefficient (Wildman–Crippen LogP) is 0.358. The maximum absolute atomic E-state index is 10.9. The van der Waals surface area contributed by atoms with Gasteiger partial charge in [0.2, 0.25) is 5.54 Å². The van der Waals surface area contributed by atoms with Gasteiger partial charge in [0.1, 0.15) is 6.42 Å². The van der Waals surface area contributed by atoms with Gasteiger partial charge in [-0.3, -0.25) is 24.8 Å². The number of rotatable bonds is 3. The van der Waals surface area contributed by atoms with Gasteiger partial charge < -0.3 is 0 Å². The Hall–Kier alpha value is -1.81. The van der Waals surface area contributed by atoms with E-state index < -0.39 is 42.5 Å². The summed E-state index contributed by atoms with van der Waals surface area (Å²) in [5.74, 6) is 0. The van der Waals surface area contributed by atoms with Crippen molar-refractivity contribution in [3.8, 4) is 0 Å². The van der Waals surface area contributed by atoms with Crippen molar-refractivity contribution < 1.29 is 22.8 Å². The molecule has 0 aliphatic heterocycles. The van der Waals surface area contributed by atoms with E-state index in [2.05, 4.69) is 0 Å². The van der Waals surface area contributed by atoms with Gasteiger partial charge in [0, 0.05) is 11.8 Å². The molecule has 1 atom stereocenters. The highest BCUT2D eigenvalue weighted by atomic mass is 32.2. The molecule has 0 spiro atoms. The van der Waals surface area contributed by atoms with Crippen LogP contribution in [-0.4, -0.2) is 28.4 Å². The fourth-order valence-corrected chi connectivity index (χ4v) is 2.04. The summed E-state index contributed by atoms with van der Waals surface area (Å²) < 4.78 is 30.5. The SMILES string of the molecule is CC1([N+](=O)[O-])C=CC(S(=O)(=O)O)=C([N+](=O)[O-])C1. The Bertz CT molecular complexity index is 547. The van der Waals surface area contributed by atoms with E-state index in [9.17, 15) is 28.6 Å². The van der Waals surface area contributed by atoms with Gasteiger partial charge >= 0.3 is 10.1 Å². The minimum Gasteiger partial charge on any atom is -0.282 e. The van der Waals surface area contributed by atoms with Gasteiger partial charge in [0.25, 0.3) is 5.70 Å². The maximum Gasteiger partial charge on any atom is 0.301 e. The first kappa shape index (κ1) is 13.3. The molecule has 0 radical (unpaired) electrons. The molecule has 1 aliphatic carbocycles. The molecule has 0 fully saturated rings. The van der Waals surface area contributed by atoms with Crippen molar-refractivity contribution in [1.29, 1.82) is 0 Å². The molecule has 1 aliphatic rings. The minimum absolute atomic E-state index is 0.680. The Morgan fingerprint density at radius 3 is 2.29 bits per heavy atom. The van der Waals surface area contributed by atoms with Gasteiger partial charge in [-0.15, -0.1) is 0 Å². The lowest BCUT2D eigenvalue weighted by Gasteiger charge is -2.19. The molecule has 17 heavy (non-hydrogen) atoms. The zero-order chi connectivity index (χ0) is 13.4. The van der Waals surface area contributed by atoms with Crippen LogP contribution in [0.4, 0.5) is 0 Å². The van der Waals surface area contributed by atoms with E-state index in [1.54, 1.807) is 0 Å². The summed E-state index contributed by atoms with van der Waals surface area (Å²) >= 11 is 0. The number of nitro groups is 2. The Balaban J connectivity index is 3.38. The molecule has 9 nitrogen and oxygen atoms in total. The summed E-state index contributed by atoms with van der Waals surface area (Å²) in [5, 5.41) is 21.3. The highest BCUT2D eigenvalue weighted by Crippen LogP contribution is 2.31. The molecule has 1 unspecified atom stereocenters. The topological polar surface area (TPSA) is 141 Å². The third-order valence-electron chi connectivity index (χ3n) is 2.32. The second kappa shape index (κ2) is 3.89. The minimum atomic E-state index is -4.77. The second-order valence-electron chi connectivity index (χ2n) is 3.67. The molecule has 0 bridgehead atoms. The molecule has 0 saturated heterocycles. The average Bonchev–Trinajstić information content (AvgIpc) is 2.15. The third kappa shape index (κ3) is 2.47. The quantitative estimate of drug-likeness (QED) is 0.440. The summed E-state index contributed by atoms with van der Waals surface area (Å²) in [6.07, 6.45) is 0.876. The molecule has 0 amide bonds. The molecule has 0 heterocycles. The largest absolute Gasteiger partial charge is 0.301 e. The van der Waals surface area contributed by atoms with Crippen molar-refractivity contribution in [2.24, 2.45) is 0 Å². The summed E-state index contributed by atoms with van der Waals surface area (Å²) in [7, 11) is -4.77. The first-order valence-electron chi connectivity index (χ1n) is 4.27. The van der Waals surface area contributed by atoms with Crippen LogP contribution in [0.5, 0.6) is 0 Å². The first-order chi connectivity index (χ1) is 7.58. The number of hydrogen-bond donors (Lipinski definition) is 1. The fourth-order valence-electron chi connectivity index (χ4n) is 1.35. The van der Waals surface area contributed by atoms with Crippen molar-refractivity contribution in [3.05, 3.63) is 43.0 Å². The summed E-state index contributed by atoms with van der Waals surface area (Å²) in [4.78, 5) is 18.6. The molecule has 1 rings (SSSR count). The predicted molar refractivity (Wildman–Crippen MR) is 54.7 cm³/mol. The molecule has 1 N–H and O–H groups in total. The molecule has 0 aromatic heterocycles. The molecule has 10 heteroatoms. The molecular weight excluding hydrogens is 256 g/mol. The lowest BCUT2D eigenvalue weighted by atomic mass is 9.92. The van der Waals surface area contributed by atoms with E-state index >= 15 is 0 Å². The van der Waals surface area contributed by atoms with Crippen LogP contribution in [-0.2, 0) is 10.1 Å². The summed E-state index contributed by atoms with van der Waals surface area (Å²) in [5.41, 5.74) is -2.65. The van der Waals surface area contributed by atoms with E-state index in [1.807, 2.05) is 0 Å². The van der Waals surface area contributed by atoms with Crippen molar-refractivity contribution in [2.45, 2.75) is 18.9 Å². The molecule has 0 aromatic rings. The van der Waals surface area contributed by atoms with Gasteiger partial charge in [0.15, 0.2) is 4.91 Å². The second-order valence-corrected chi connectivity index (χ2v) is 5.06. The van der Waals surface area contributed by atoms with Gasteiger partial charge in [0.05, 0.1) is 4.92 Å². The van der Waals surface area contributed by atoms with E-state index in [4.69, 9.17) is 4.55 Å². The molecule has 0 aromatic carbocycles. The highest BCUT2D eigenvalue weighted by molar-refractivity contribution is 7.90. The molecular formula is C7H8N2O7S. The third-order valence-corrected chi connectivity index (χ3v) is 3.25. The van der Waals surface area contributed by atoms with E-state index in [0.29, 0.717) is 6.08 Å². The van der Waals surface area contributed by atoms with Crippen LogP contribution in [0.3, 0.4) is 0 Å². The Morgan fingerprint density at radius 1 is 1.41 bits per heavy atom. The first-order valence-corrected chi connectivity index (χ1v) is 5.71. The number of allylic oxidation sites excluding steroid dienone is 1. The van der Waals surface area contributed by atoms with Crippen molar-refractivity contribution in [2.75, 3.05) is 0 Å². The van der Waals surface area contributed by atoms with Crippen molar-refractivity contribution in [1.82, 2.24) is 0 Å². The lowest BCUT2D eigenvalue weighted by molar-refractivity contribution is -0.557. The van der Waals surface area contributed by atoms with Gasteiger partial charge in [-0.05, 0) is 12.2 Å². The van der Waals surface area contributed by atoms with E-state index in [-0.39, 0.29) is 0 Å². The summed E-state index contributed by atoms with van der Waals surface area (Å²) in [6.45, 7) is 1.12. The van der Waals surface area contributed by atoms with E-state index in [1.165, 1.54) is 0 Å². The van der Waals surface area contributed by atoms with Crippen molar-refractivity contribution >= 4 is 10.1 Å². The van der Waals surface area contributed by atoms with Crippen LogP contribution in [0.1, 0.15) is 13.3 Å². The number of hydrogen-bond acceptors (Lipinski definition) is 6. The van der Waals surface area contributed by atoms with Crippen LogP contribution in [0.2, 0.25) is 0 Å². The molecule has 94 valence electrons. The van der Waals surface area contributed by atoms with Gasteiger partial charge in [-0.25, -0.2) is 0 Å². The molecule has 0 saturated carbocycles. The standard InChI is InChI=1S/C7H8N2O7S/c1-7(9(12)13)3-2-6(17(14,15)16)5(4-7)8(10)11/h2-3H,4H2,1H3,(H,14,15,16). The zero-order valence-corrected chi connectivity index (χ0v) is 9.38. The number of nitrogens with zero attached hydrogens (tertiary/aromatic N) is 2. The van der Waals surface area contributed by atoms with Crippen LogP contribution in [0.15, 0.2) is 22.8 Å². The lowest BCUT2D eigenvalue weighted by Crippen LogP contribution is -2.36. The highest BCUT2D eigenvalue weighted by Gasteiger charge is 2.45. The van der Waals surface area contributed by atoms with Crippen LogP contribution in [0.25, 0.3) is 0 Å². The van der Waals surface area contributed by atoms with Gasteiger partial charge in [-0.1, -0.05) is 0 Å². The van der Waals surface area contributed by atoms with E-state index in [0.717, 1.165) is 13.0 Å². The smallest absolute Gasteiger partial charge is 0.282 e. The Labute approximate surface area is 95.5 Å². The van der Waals surface area contributed by atoms with Crippen LogP contribution >= 0.6 is 0 Å². The van der Waals surface area contributed by atoms with Crippen molar-refractivity contribution in [3.63, 3.8) is 0 Å². The average molecular weight is 264 g/mol. The summed E-state index contributed by atoms with van der Waals surface area (Å²) in [6, 6.07) is 0. The Kier molecular flexibility index (Phi) is 3.03. The normalized spacial score (nSPS) is 24.8. The van der Waals surface area contributed by atoms with Crippen LogP contribution < -0.4 is 0 Å². The fraction of sp³-hybridized carbons (Fsp3) is 0.429. The van der Waals surface area contributed by atoms with Gasteiger partial charge in [-0.2, -0.15) is 8.42 Å². The maximum atomic E-state index is 10.9. The Morgan fingerprint density at radius 2 is 1.94 bits per heavy atom.